The summed E-state index contributed by atoms with van der Waals surface area (Å²) in [6.45, 7) is 0.210. The Hall–Kier alpha value is -3.35. The molecule has 2 aromatic rings. The number of rotatable bonds is 7. The lowest BCUT2D eigenvalue weighted by molar-refractivity contribution is -0.120. The zero-order valence-corrected chi connectivity index (χ0v) is 13.7. The lowest BCUT2D eigenvalue weighted by Gasteiger charge is -2.05. The molecule has 0 saturated carbocycles. The highest BCUT2D eigenvalue weighted by molar-refractivity contribution is 5.94. The van der Waals surface area contributed by atoms with E-state index in [9.17, 15) is 14.7 Å². The van der Waals surface area contributed by atoms with E-state index >= 15 is 0 Å². The average Bonchev–Trinajstić information content (AvgIpc) is 2.63. The van der Waals surface area contributed by atoms with Gasteiger partial charge in [0.1, 0.15) is 0 Å². The molecule has 0 saturated heterocycles. The normalized spacial score (nSPS) is 10.4. The quantitative estimate of drug-likeness (QED) is 0.527. The van der Waals surface area contributed by atoms with E-state index in [1.165, 1.54) is 19.4 Å². The molecular formula is C18H19N3O4. The molecule has 0 fully saturated rings. The third kappa shape index (κ3) is 5.65. The number of nitrogens with one attached hydrogen (secondary N) is 2. The van der Waals surface area contributed by atoms with Gasteiger partial charge >= 0.3 is 0 Å². The van der Waals surface area contributed by atoms with Gasteiger partial charge in [0.05, 0.1) is 13.3 Å². The number of hydrogen-bond acceptors (Lipinski definition) is 5. The summed E-state index contributed by atoms with van der Waals surface area (Å²) in [5.74, 6) is -0.208. The van der Waals surface area contributed by atoms with Crippen LogP contribution < -0.4 is 15.5 Å². The number of amides is 2. The Kier molecular flexibility index (Phi) is 6.53. The molecule has 0 heterocycles. The predicted octanol–water partition coefficient (Wildman–Crippen LogP) is 1.67. The third-order valence-corrected chi connectivity index (χ3v) is 3.28. The summed E-state index contributed by atoms with van der Waals surface area (Å²) in [6, 6.07) is 13.5. The lowest BCUT2D eigenvalue weighted by atomic mass is 10.2. The number of carbonyl (C=O) groups is 2. The van der Waals surface area contributed by atoms with Crippen molar-refractivity contribution in [1.82, 2.24) is 10.7 Å². The van der Waals surface area contributed by atoms with Crippen LogP contribution in [0.1, 0.15) is 22.3 Å². The standard InChI is InChI=1S/C18H19N3O4/c1-25-16-11-13(7-8-15(16)22)12-20-21-17(23)9-10-19-18(24)14-5-3-2-4-6-14/h2-8,11-12,22H,9-10H2,1H3,(H,19,24)(H,21,23)/b20-12-. The fraction of sp³-hybridized carbons (Fsp3) is 0.167. The molecule has 0 bridgehead atoms. The van der Waals surface area contributed by atoms with Gasteiger partial charge in [-0.1, -0.05) is 18.2 Å². The van der Waals surface area contributed by atoms with Crippen molar-refractivity contribution >= 4 is 18.0 Å². The van der Waals surface area contributed by atoms with E-state index in [0.717, 1.165) is 0 Å². The highest BCUT2D eigenvalue weighted by atomic mass is 16.5. The molecule has 0 aliphatic carbocycles. The van der Waals surface area contributed by atoms with Crippen molar-refractivity contribution in [3.8, 4) is 11.5 Å². The van der Waals surface area contributed by atoms with Crippen LogP contribution >= 0.6 is 0 Å². The van der Waals surface area contributed by atoms with Gasteiger partial charge in [0.2, 0.25) is 5.91 Å². The Morgan fingerprint density at radius 1 is 1.20 bits per heavy atom. The maximum absolute atomic E-state index is 11.8. The van der Waals surface area contributed by atoms with Crippen molar-refractivity contribution < 1.29 is 19.4 Å². The highest BCUT2D eigenvalue weighted by Gasteiger charge is 2.05. The monoisotopic (exact) mass is 341 g/mol. The van der Waals surface area contributed by atoms with Crippen molar-refractivity contribution in [2.24, 2.45) is 5.10 Å². The summed E-state index contributed by atoms with van der Waals surface area (Å²) in [4.78, 5) is 23.5. The topological polar surface area (TPSA) is 100 Å². The van der Waals surface area contributed by atoms with Gasteiger partial charge in [0.15, 0.2) is 11.5 Å². The highest BCUT2D eigenvalue weighted by Crippen LogP contribution is 2.25. The van der Waals surface area contributed by atoms with E-state index in [1.807, 2.05) is 6.07 Å². The minimum Gasteiger partial charge on any atom is -0.504 e. The predicted molar refractivity (Wildman–Crippen MR) is 93.8 cm³/mol. The van der Waals surface area contributed by atoms with Crippen LogP contribution in [-0.2, 0) is 4.79 Å². The van der Waals surface area contributed by atoms with Gasteiger partial charge in [-0.25, -0.2) is 5.43 Å². The van der Waals surface area contributed by atoms with E-state index in [-0.39, 0.29) is 30.5 Å². The van der Waals surface area contributed by atoms with E-state index < -0.39 is 0 Å². The van der Waals surface area contributed by atoms with Crippen LogP contribution in [0.3, 0.4) is 0 Å². The lowest BCUT2D eigenvalue weighted by Crippen LogP contribution is -2.28. The van der Waals surface area contributed by atoms with Crippen LogP contribution in [0.4, 0.5) is 0 Å². The number of benzene rings is 2. The van der Waals surface area contributed by atoms with Crippen LogP contribution in [0.15, 0.2) is 53.6 Å². The molecule has 0 aliphatic rings. The molecule has 3 N–H and O–H groups in total. The maximum Gasteiger partial charge on any atom is 0.251 e. The molecule has 2 aromatic carbocycles. The molecule has 0 aromatic heterocycles. The number of carbonyl (C=O) groups excluding carboxylic acids is 2. The number of hydrazone groups is 1. The number of aromatic hydroxyl groups is 1. The smallest absolute Gasteiger partial charge is 0.251 e. The summed E-state index contributed by atoms with van der Waals surface area (Å²) in [5, 5.41) is 16.0. The summed E-state index contributed by atoms with van der Waals surface area (Å²) >= 11 is 0. The van der Waals surface area contributed by atoms with Crippen molar-refractivity contribution in [2.75, 3.05) is 13.7 Å². The molecule has 0 aliphatic heterocycles. The Balaban J connectivity index is 1.74. The number of nitrogens with zero attached hydrogens (tertiary/aromatic N) is 1. The fourth-order valence-corrected chi connectivity index (χ4v) is 1.99. The van der Waals surface area contributed by atoms with Crippen LogP contribution in [0, 0.1) is 0 Å². The van der Waals surface area contributed by atoms with Crippen LogP contribution in [0.2, 0.25) is 0 Å². The Morgan fingerprint density at radius 3 is 2.68 bits per heavy atom. The minimum absolute atomic E-state index is 0.0258. The molecule has 0 unspecified atom stereocenters. The molecule has 25 heavy (non-hydrogen) atoms. The Morgan fingerprint density at radius 2 is 1.96 bits per heavy atom. The zero-order valence-electron chi connectivity index (χ0n) is 13.7. The van der Waals surface area contributed by atoms with E-state index in [1.54, 1.807) is 36.4 Å². The van der Waals surface area contributed by atoms with Gasteiger partial charge in [-0.3, -0.25) is 9.59 Å². The van der Waals surface area contributed by atoms with Gasteiger partial charge in [-0.05, 0) is 35.9 Å². The number of ether oxygens (including phenoxy) is 1. The van der Waals surface area contributed by atoms with Crippen LogP contribution in [0.25, 0.3) is 0 Å². The number of phenolic OH excluding ortho intramolecular Hbond substituents is 1. The zero-order chi connectivity index (χ0) is 18.1. The SMILES string of the molecule is COc1cc(/C=N\NC(=O)CCNC(=O)c2ccccc2)ccc1O. The van der Waals surface area contributed by atoms with Crippen molar-refractivity contribution in [1.29, 1.82) is 0 Å². The molecule has 0 radical (unpaired) electrons. The molecule has 0 atom stereocenters. The van der Waals surface area contributed by atoms with Gasteiger partial charge in [0, 0.05) is 18.5 Å². The maximum atomic E-state index is 11.8. The first-order chi connectivity index (χ1) is 12.1. The first-order valence-electron chi connectivity index (χ1n) is 7.62. The summed E-state index contributed by atoms with van der Waals surface area (Å²) < 4.78 is 4.99. The van der Waals surface area contributed by atoms with Crippen LogP contribution in [0.5, 0.6) is 11.5 Å². The van der Waals surface area contributed by atoms with Gasteiger partial charge < -0.3 is 15.2 Å². The van der Waals surface area contributed by atoms with E-state index in [2.05, 4.69) is 15.8 Å². The van der Waals surface area contributed by atoms with Crippen molar-refractivity contribution in [2.45, 2.75) is 6.42 Å². The van der Waals surface area contributed by atoms with E-state index in [0.29, 0.717) is 16.9 Å². The summed E-state index contributed by atoms with van der Waals surface area (Å²) in [7, 11) is 1.45. The third-order valence-electron chi connectivity index (χ3n) is 3.28. The Bertz CT molecular complexity index is 760. The molecule has 2 rings (SSSR count). The van der Waals surface area contributed by atoms with E-state index in [4.69, 9.17) is 4.74 Å². The Labute approximate surface area is 145 Å². The molecule has 2 amide bonds. The number of phenols is 1. The molecule has 7 heteroatoms. The molecule has 130 valence electrons. The number of hydrogen-bond donors (Lipinski definition) is 3. The second-order valence-corrected chi connectivity index (χ2v) is 5.10. The summed E-state index contributed by atoms with van der Waals surface area (Å²) in [5.41, 5.74) is 3.58. The first-order valence-corrected chi connectivity index (χ1v) is 7.62. The summed E-state index contributed by atoms with van der Waals surface area (Å²) in [6.07, 6.45) is 1.54. The fourth-order valence-electron chi connectivity index (χ4n) is 1.99. The first kappa shape index (κ1) is 18.0. The molecule has 7 nitrogen and oxygen atoms in total. The van der Waals surface area contributed by atoms with Gasteiger partial charge in [0.25, 0.3) is 5.91 Å². The number of methoxy groups -OCH3 is 1. The largest absolute Gasteiger partial charge is 0.504 e. The van der Waals surface area contributed by atoms with Crippen LogP contribution in [-0.4, -0.2) is 36.8 Å². The van der Waals surface area contributed by atoms with Gasteiger partial charge in [-0.15, -0.1) is 0 Å². The minimum atomic E-state index is -0.324. The second kappa shape index (κ2) is 9.07. The molecule has 0 spiro atoms. The average molecular weight is 341 g/mol. The van der Waals surface area contributed by atoms with Crippen molar-refractivity contribution in [3.05, 3.63) is 59.7 Å². The second-order valence-electron chi connectivity index (χ2n) is 5.10. The van der Waals surface area contributed by atoms with Gasteiger partial charge in [-0.2, -0.15) is 5.10 Å². The van der Waals surface area contributed by atoms with Crippen molar-refractivity contribution in [3.63, 3.8) is 0 Å². The molecular weight excluding hydrogens is 322 g/mol.